The summed E-state index contributed by atoms with van der Waals surface area (Å²) in [7, 11) is 0. The fourth-order valence-corrected chi connectivity index (χ4v) is 12.8. The average Bonchev–Trinajstić information content (AvgIpc) is 0.785. The molecule has 0 bridgehead atoms. The number of unbranched alkanes of at least 4 members (excludes halogenated alkanes) is 30. The second-order valence-corrected chi connectivity index (χ2v) is 26.8. The minimum Gasteiger partial charge on any atom is -0.394 e. The molecule has 25 nitrogen and oxygen atoms in total. The summed E-state index contributed by atoms with van der Waals surface area (Å²) in [6, 6.07) is -2.53. The highest BCUT2D eigenvalue weighted by Gasteiger charge is 2.56. The summed E-state index contributed by atoms with van der Waals surface area (Å²) in [4.78, 5) is 25.5. The lowest BCUT2D eigenvalue weighted by atomic mass is 9.95. The molecule has 0 aromatic heterocycles. The van der Waals surface area contributed by atoms with Gasteiger partial charge in [0.2, 0.25) is 11.8 Å². The Morgan fingerprint density at radius 2 is 0.779 bits per heavy atom. The Morgan fingerprint density at radius 3 is 1.23 bits per heavy atom. The lowest BCUT2D eigenvalue weighted by Crippen LogP contribution is -2.69. The molecule has 95 heavy (non-hydrogen) atoms. The van der Waals surface area contributed by atoms with Gasteiger partial charge in [0.15, 0.2) is 25.2 Å². The van der Waals surface area contributed by atoms with Gasteiger partial charge in [-0.05, 0) is 44.9 Å². The Labute approximate surface area is 565 Å². The van der Waals surface area contributed by atoms with Gasteiger partial charge in [0.1, 0.15) is 97.6 Å². The Kier molecular flexibility index (Phi) is 44.7. The van der Waals surface area contributed by atoms with E-state index in [0.29, 0.717) is 12.8 Å². The van der Waals surface area contributed by atoms with Crippen LogP contribution in [0.4, 0.5) is 0 Å². The molecule has 4 fully saturated rings. The first-order chi connectivity index (χ1) is 46.0. The van der Waals surface area contributed by atoms with E-state index < -0.39 is 174 Å². The summed E-state index contributed by atoms with van der Waals surface area (Å²) in [5.41, 5.74) is 0. The van der Waals surface area contributed by atoms with Crippen LogP contribution in [0.3, 0.4) is 0 Å². The van der Waals surface area contributed by atoms with Gasteiger partial charge in [0, 0.05) is 13.3 Å². The van der Waals surface area contributed by atoms with Gasteiger partial charge in [-0.2, -0.15) is 0 Å². The van der Waals surface area contributed by atoms with E-state index in [0.717, 1.165) is 51.9 Å². The predicted molar refractivity (Wildman–Crippen MR) is 354 cm³/mol. The Morgan fingerprint density at radius 1 is 0.411 bits per heavy atom. The number of carbonyl (C=O) groups is 2. The largest absolute Gasteiger partial charge is 0.394 e. The fraction of sp³-hybridized carbons (Fsp3) is 0.914. The zero-order chi connectivity index (χ0) is 69.3. The smallest absolute Gasteiger partial charge is 0.220 e. The molecule has 0 aliphatic carbocycles. The highest BCUT2D eigenvalue weighted by Crippen LogP contribution is 2.35. The predicted octanol–water partition coefficient (Wildman–Crippen LogP) is 4.68. The van der Waals surface area contributed by atoms with E-state index in [1.54, 1.807) is 6.08 Å². The van der Waals surface area contributed by atoms with Crippen LogP contribution >= 0.6 is 0 Å². The van der Waals surface area contributed by atoms with Crippen LogP contribution < -0.4 is 10.6 Å². The highest BCUT2D eigenvalue weighted by molar-refractivity contribution is 5.76. The normalized spacial score (nSPS) is 32.1. The van der Waals surface area contributed by atoms with Crippen LogP contribution in [-0.4, -0.2) is 246 Å². The summed E-state index contributed by atoms with van der Waals surface area (Å²) < 4.78 is 46.5. The molecule has 0 aromatic rings. The van der Waals surface area contributed by atoms with E-state index in [2.05, 4.69) is 36.6 Å². The van der Waals surface area contributed by atoms with Gasteiger partial charge in [-0.1, -0.05) is 205 Å². The first kappa shape index (κ1) is 85.0. The molecule has 0 saturated carbocycles. The number of aliphatic hydroxyl groups excluding tert-OH is 13. The van der Waals surface area contributed by atoms with Gasteiger partial charge >= 0.3 is 0 Å². The van der Waals surface area contributed by atoms with Crippen LogP contribution in [0.5, 0.6) is 0 Å². The van der Waals surface area contributed by atoms with Crippen molar-refractivity contribution in [3.05, 3.63) is 24.3 Å². The van der Waals surface area contributed by atoms with E-state index in [-0.39, 0.29) is 12.3 Å². The van der Waals surface area contributed by atoms with Crippen molar-refractivity contribution in [1.82, 2.24) is 10.6 Å². The molecule has 4 heterocycles. The number of aliphatic hydroxyl groups is 13. The van der Waals surface area contributed by atoms with Crippen molar-refractivity contribution in [2.45, 2.75) is 374 Å². The second kappa shape index (κ2) is 50.0. The summed E-state index contributed by atoms with van der Waals surface area (Å²) in [6.07, 6.45) is 12.4. The monoisotopic (exact) mass is 1360 g/mol. The van der Waals surface area contributed by atoms with Gasteiger partial charge in [-0.3, -0.25) is 9.59 Å². The number of rotatable bonds is 52. The van der Waals surface area contributed by atoms with Crippen molar-refractivity contribution >= 4 is 11.8 Å². The Hall–Kier alpha value is -2.42. The summed E-state index contributed by atoms with van der Waals surface area (Å²) >= 11 is 0. The number of hydrogen-bond donors (Lipinski definition) is 15. The topological polar surface area (TPSA) is 395 Å². The van der Waals surface area contributed by atoms with Crippen molar-refractivity contribution in [1.29, 1.82) is 0 Å². The maximum Gasteiger partial charge on any atom is 0.220 e. The fourth-order valence-electron chi connectivity index (χ4n) is 12.8. The Bertz CT molecular complexity index is 2010. The first-order valence-electron chi connectivity index (χ1n) is 36.6. The third-order valence-corrected chi connectivity index (χ3v) is 18.8. The molecular weight excluding hydrogens is 1240 g/mol. The van der Waals surface area contributed by atoms with Crippen molar-refractivity contribution in [2.24, 2.45) is 0 Å². The molecule has 22 atom stereocenters. The molecular formula is C70H128N2O23. The minimum absolute atomic E-state index is 0.215. The number of allylic oxidation sites excluding steroid dienone is 3. The Balaban J connectivity index is 1.28. The first-order valence-corrected chi connectivity index (χ1v) is 36.6. The van der Waals surface area contributed by atoms with Crippen LogP contribution in [0.2, 0.25) is 0 Å². The molecule has 556 valence electrons. The molecule has 4 aliphatic rings. The van der Waals surface area contributed by atoms with Gasteiger partial charge in [-0.25, -0.2) is 0 Å². The van der Waals surface area contributed by atoms with E-state index in [4.69, 9.17) is 37.9 Å². The molecule has 0 radical (unpaired) electrons. The molecule has 25 heteroatoms. The number of carbonyl (C=O) groups excluding carboxylic acids is 2. The summed E-state index contributed by atoms with van der Waals surface area (Å²) in [5, 5.41) is 148. The van der Waals surface area contributed by atoms with Crippen molar-refractivity contribution in [2.75, 3.05) is 33.0 Å². The maximum absolute atomic E-state index is 13.5. The van der Waals surface area contributed by atoms with Crippen LogP contribution in [0.25, 0.3) is 0 Å². The van der Waals surface area contributed by atoms with E-state index in [1.165, 1.54) is 154 Å². The molecule has 2 amide bonds. The molecule has 0 spiro atoms. The standard InChI is InChI=1S/C70H128N2O23/c1-4-6-8-10-12-14-16-18-19-20-21-22-23-24-25-26-27-29-31-33-35-37-39-41-54(79)72-48(49(78)40-38-36-34-32-30-28-17-15-13-11-9-7-5-2)46-88-68-61(85)59(83)64(52(44-75)91-68)93-69-62(86)60(84)65(53(45-76)92-69)94-70-63(87)66(57(81)51(43-74)90-70)95-67-55(71-47(3)77)58(82)56(80)50(42-73)89-67/h18-19,38,40,48-53,55-70,73-76,78,80-87H,4-17,20-37,39,41-46H2,1-3H3,(H,71,77)(H,72,79)/b19-18-,40-38+/t48-,49+,50+,51+,52+,53+,55+,56-,57-,58+,59+,60+,61?,62+,63+,64+,65-,66-,67-,68+,69-,70+/m0/s1. The second-order valence-electron chi connectivity index (χ2n) is 26.8. The number of nitrogens with one attached hydrogen (secondary N) is 2. The average molecular weight is 1370 g/mol. The third-order valence-electron chi connectivity index (χ3n) is 18.8. The summed E-state index contributed by atoms with van der Waals surface area (Å²) in [5.74, 6) is -1.00. The number of ether oxygens (including phenoxy) is 8. The quantitative estimate of drug-likeness (QED) is 0.0290. The third kappa shape index (κ3) is 30.8. The number of hydrogen-bond acceptors (Lipinski definition) is 23. The molecule has 15 N–H and O–H groups in total. The van der Waals surface area contributed by atoms with Gasteiger partial charge in [-0.15, -0.1) is 0 Å². The van der Waals surface area contributed by atoms with Crippen LogP contribution in [0.15, 0.2) is 24.3 Å². The van der Waals surface area contributed by atoms with Crippen molar-refractivity contribution in [3.8, 4) is 0 Å². The number of amides is 2. The van der Waals surface area contributed by atoms with Crippen LogP contribution in [-0.2, 0) is 47.5 Å². The lowest BCUT2D eigenvalue weighted by Gasteiger charge is -2.49. The minimum atomic E-state index is -2.10. The molecule has 0 aromatic carbocycles. The van der Waals surface area contributed by atoms with E-state index >= 15 is 0 Å². The molecule has 1 unspecified atom stereocenters. The summed E-state index contributed by atoms with van der Waals surface area (Å²) in [6.45, 7) is 1.63. The van der Waals surface area contributed by atoms with Gasteiger partial charge < -0.3 is 115 Å². The molecule has 4 aliphatic heterocycles. The zero-order valence-corrected chi connectivity index (χ0v) is 57.5. The van der Waals surface area contributed by atoms with Crippen LogP contribution in [0.1, 0.15) is 239 Å². The van der Waals surface area contributed by atoms with Crippen LogP contribution in [0, 0.1) is 0 Å². The van der Waals surface area contributed by atoms with E-state index in [9.17, 15) is 76.0 Å². The van der Waals surface area contributed by atoms with Gasteiger partial charge in [0.05, 0.1) is 45.2 Å². The maximum atomic E-state index is 13.5. The van der Waals surface area contributed by atoms with Crippen molar-refractivity contribution in [3.63, 3.8) is 0 Å². The molecule has 4 saturated heterocycles. The van der Waals surface area contributed by atoms with E-state index in [1.807, 2.05) is 6.08 Å². The van der Waals surface area contributed by atoms with Crippen molar-refractivity contribution < 1.29 is 114 Å². The highest BCUT2D eigenvalue weighted by atomic mass is 16.8. The zero-order valence-electron chi connectivity index (χ0n) is 57.5. The lowest BCUT2D eigenvalue weighted by molar-refractivity contribution is -0.386. The SMILES string of the molecule is CCCCCCCC/C=C\CCCCCCCCCCCCCCCC(=O)N[C@@H](CO[C@@H]1O[C@H](CO)[C@@H](O[C@@H]2O[C@H](CO)[C@H](O[C@H]3O[C@H](CO)[C@H](O)[C@H](O[C@@H]4O[C@H](CO)[C@H](O)[C@H](O)[C@H]4NC(C)=O)[C@H]3O)[C@H](O)[C@H]2O)[C@H](O)C1O)[C@H](O)/C=C/CCCCCCCCCCCCC. The molecule has 4 rings (SSSR count). The van der Waals surface area contributed by atoms with Gasteiger partial charge in [0.25, 0.3) is 0 Å².